The molecule has 0 spiro atoms. The van der Waals surface area contributed by atoms with Crippen LogP contribution in [0.1, 0.15) is 44.9 Å². The van der Waals surface area contributed by atoms with Gasteiger partial charge in [-0.15, -0.1) is 0 Å². The Bertz CT molecular complexity index is 168. The third-order valence-corrected chi connectivity index (χ3v) is 2.62. The van der Waals surface area contributed by atoms with Gasteiger partial charge in [0, 0.05) is 19.6 Å². The van der Waals surface area contributed by atoms with Gasteiger partial charge in [-0.05, 0) is 38.5 Å². The van der Waals surface area contributed by atoms with Crippen LogP contribution in [0.3, 0.4) is 0 Å². The highest BCUT2D eigenvalue weighted by molar-refractivity contribution is 5.83. The highest BCUT2D eigenvalue weighted by atomic mass is 16.5. The summed E-state index contributed by atoms with van der Waals surface area (Å²) in [5.74, 6) is 0.276. The first kappa shape index (κ1) is 11.7. The lowest BCUT2D eigenvalue weighted by atomic mass is 9.96. The fourth-order valence-electron chi connectivity index (χ4n) is 1.74. The van der Waals surface area contributed by atoms with Crippen molar-refractivity contribution in [2.75, 3.05) is 13.2 Å². The Kier molecular flexibility index (Phi) is 5.80. The molecule has 3 nitrogen and oxygen atoms in total. The maximum atomic E-state index is 11.3. The first-order chi connectivity index (χ1) is 6.84. The van der Waals surface area contributed by atoms with Gasteiger partial charge >= 0.3 is 0 Å². The van der Waals surface area contributed by atoms with Gasteiger partial charge in [0.15, 0.2) is 5.78 Å². The largest absolute Gasteiger partial charge is 0.396 e. The third kappa shape index (κ3) is 4.20. The summed E-state index contributed by atoms with van der Waals surface area (Å²) in [6.07, 6.45) is 6.39. The number of ether oxygens (including phenoxy) is 1. The highest BCUT2D eigenvalue weighted by Gasteiger charge is 2.22. The van der Waals surface area contributed by atoms with E-state index in [2.05, 4.69) is 0 Å². The lowest BCUT2D eigenvalue weighted by Gasteiger charge is -2.20. The molecule has 82 valence electrons. The molecule has 0 heterocycles. The molecule has 0 aromatic rings. The molecule has 1 aliphatic rings. The first-order valence-electron chi connectivity index (χ1n) is 5.60. The molecule has 1 fully saturated rings. The molecule has 1 rings (SSSR count). The van der Waals surface area contributed by atoms with Crippen LogP contribution in [0.4, 0.5) is 0 Å². The Morgan fingerprint density at radius 2 is 2.14 bits per heavy atom. The van der Waals surface area contributed by atoms with Gasteiger partial charge in [-0.2, -0.15) is 0 Å². The summed E-state index contributed by atoms with van der Waals surface area (Å²) in [6, 6.07) is 0. The van der Waals surface area contributed by atoms with E-state index in [9.17, 15) is 4.79 Å². The smallest absolute Gasteiger partial charge is 0.161 e. The molecular weight excluding hydrogens is 180 g/mol. The summed E-state index contributed by atoms with van der Waals surface area (Å²) in [7, 11) is 0. The molecule has 1 unspecified atom stereocenters. The summed E-state index contributed by atoms with van der Waals surface area (Å²) in [5, 5.41) is 8.56. The van der Waals surface area contributed by atoms with Gasteiger partial charge in [0.2, 0.25) is 0 Å². The molecule has 14 heavy (non-hydrogen) atoms. The van der Waals surface area contributed by atoms with E-state index in [4.69, 9.17) is 9.84 Å². The predicted molar refractivity (Wildman–Crippen MR) is 54.2 cm³/mol. The number of aliphatic hydroxyl groups is 1. The van der Waals surface area contributed by atoms with Crippen molar-refractivity contribution in [3.8, 4) is 0 Å². The lowest BCUT2D eigenvalue weighted by Crippen LogP contribution is -2.27. The molecule has 3 heteroatoms. The van der Waals surface area contributed by atoms with Crippen LogP contribution in [-0.4, -0.2) is 30.2 Å². The maximum Gasteiger partial charge on any atom is 0.161 e. The van der Waals surface area contributed by atoms with E-state index in [1.54, 1.807) is 0 Å². The minimum absolute atomic E-state index is 0.127. The van der Waals surface area contributed by atoms with Crippen LogP contribution in [0.2, 0.25) is 0 Å². The summed E-state index contributed by atoms with van der Waals surface area (Å²) in [4.78, 5) is 11.3. The van der Waals surface area contributed by atoms with Gasteiger partial charge in [0.25, 0.3) is 0 Å². The van der Waals surface area contributed by atoms with Crippen molar-refractivity contribution in [1.29, 1.82) is 0 Å². The number of hydrogen-bond acceptors (Lipinski definition) is 3. The van der Waals surface area contributed by atoms with E-state index < -0.39 is 0 Å². The van der Waals surface area contributed by atoms with Crippen LogP contribution >= 0.6 is 0 Å². The fraction of sp³-hybridized carbons (Fsp3) is 0.909. The predicted octanol–water partition coefficient (Wildman–Crippen LogP) is 1.68. The Morgan fingerprint density at radius 3 is 2.86 bits per heavy atom. The van der Waals surface area contributed by atoms with Crippen LogP contribution in [0, 0.1) is 0 Å². The minimum atomic E-state index is -0.127. The van der Waals surface area contributed by atoms with Gasteiger partial charge < -0.3 is 9.84 Å². The molecule has 0 amide bonds. The zero-order chi connectivity index (χ0) is 10.2. The summed E-state index contributed by atoms with van der Waals surface area (Å²) < 4.78 is 5.51. The standard InChI is InChI=1S/C11H20O3/c12-8-4-1-5-9-14-11-7-3-2-6-10(11)13/h11-12H,1-9H2. The van der Waals surface area contributed by atoms with Crippen LogP contribution in [0.25, 0.3) is 0 Å². The van der Waals surface area contributed by atoms with Gasteiger partial charge in [-0.3, -0.25) is 4.79 Å². The first-order valence-corrected chi connectivity index (χ1v) is 5.60. The van der Waals surface area contributed by atoms with Crippen LogP contribution in [0.5, 0.6) is 0 Å². The fourth-order valence-corrected chi connectivity index (χ4v) is 1.74. The molecule has 1 saturated carbocycles. The number of rotatable bonds is 6. The zero-order valence-corrected chi connectivity index (χ0v) is 8.71. The average molecular weight is 200 g/mol. The number of ketones is 1. The third-order valence-electron chi connectivity index (χ3n) is 2.62. The molecule has 0 aromatic carbocycles. The number of aliphatic hydroxyl groups excluding tert-OH is 1. The maximum absolute atomic E-state index is 11.3. The Morgan fingerprint density at radius 1 is 1.29 bits per heavy atom. The van der Waals surface area contributed by atoms with E-state index >= 15 is 0 Å². The second-order valence-electron chi connectivity index (χ2n) is 3.86. The molecule has 0 saturated heterocycles. The van der Waals surface area contributed by atoms with Gasteiger partial charge in [0.1, 0.15) is 6.10 Å². The molecular formula is C11H20O3. The molecule has 1 aliphatic carbocycles. The van der Waals surface area contributed by atoms with Crippen molar-refractivity contribution < 1.29 is 14.6 Å². The van der Waals surface area contributed by atoms with Crippen molar-refractivity contribution >= 4 is 5.78 Å². The second-order valence-corrected chi connectivity index (χ2v) is 3.86. The monoisotopic (exact) mass is 200 g/mol. The van der Waals surface area contributed by atoms with Crippen LogP contribution in [-0.2, 0) is 9.53 Å². The van der Waals surface area contributed by atoms with E-state index in [0.717, 1.165) is 38.5 Å². The number of hydrogen-bond donors (Lipinski definition) is 1. The van der Waals surface area contributed by atoms with Crippen molar-refractivity contribution in [2.45, 2.75) is 51.0 Å². The lowest BCUT2D eigenvalue weighted by molar-refractivity contribution is -0.133. The van der Waals surface area contributed by atoms with E-state index in [1.807, 2.05) is 0 Å². The Balaban J connectivity index is 2.02. The number of carbonyl (C=O) groups is 1. The van der Waals surface area contributed by atoms with Crippen molar-refractivity contribution in [3.05, 3.63) is 0 Å². The average Bonchev–Trinajstić information content (AvgIpc) is 2.20. The Labute approximate surface area is 85.5 Å². The van der Waals surface area contributed by atoms with Gasteiger partial charge in [-0.1, -0.05) is 0 Å². The highest BCUT2D eigenvalue weighted by Crippen LogP contribution is 2.17. The van der Waals surface area contributed by atoms with Gasteiger partial charge in [0.05, 0.1) is 0 Å². The number of Topliss-reactive ketones (excluding diaryl/α,β-unsaturated/α-hetero) is 1. The molecule has 0 aromatic heterocycles. The SMILES string of the molecule is O=C1CCCCC1OCCCCCO. The molecule has 0 aliphatic heterocycles. The quantitative estimate of drug-likeness (QED) is 0.663. The van der Waals surface area contributed by atoms with Crippen molar-refractivity contribution in [3.63, 3.8) is 0 Å². The van der Waals surface area contributed by atoms with Crippen molar-refractivity contribution in [2.24, 2.45) is 0 Å². The van der Waals surface area contributed by atoms with Gasteiger partial charge in [-0.25, -0.2) is 0 Å². The summed E-state index contributed by atoms with van der Waals surface area (Å²) in [6.45, 7) is 0.915. The Hall–Kier alpha value is -0.410. The molecule has 0 bridgehead atoms. The van der Waals surface area contributed by atoms with Crippen molar-refractivity contribution in [1.82, 2.24) is 0 Å². The zero-order valence-electron chi connectivity index (χ0n) is 8.71. The van der Waals surface area contributed by atoms with Crippen LogP contribution < -0.4 is 0 Å². The minimum Gasteiger partial charge on any atom is -0.396 e. The van der Waals surface area contributed by atoms with E-state index in [0.29, 0.717) is 13.0 Å². The van der Waals surface area contributed by atoms with E-state index in [1.165, 1.54) is 0 Å². The summed E-state index contributed by atoms with van der Waals surface area (Å²) >= 11 is 0. The summed E-state index contributed by atoms with van der Waals surface area (Å²) in [5.41, 5.74) is 0. The topological polar surface area (TPSA) is 46.5 Å². The van der Waals surface area contributed by atoms with Crippen LogP contribution in [0.15, 0.2) is 0 Å². The molecule has 1 atom stereocenters. The molecule has 0 radical (unpaired) electrons. The molecule has 1 N–H and O–H groups in total. The normalized spacial score (nSPS) is 22.6. The van der Waals surface area contributed by atoms with E-state index in [-0.39, 0.29) is 18.5 Å². The second kappa shape index (κ2) is 6.96. The number of unbranched alkanes of at least 4 members (excludes halogenated alkanes) is 2. The number of carbonyl (C=O) groups excluding carboxylic acids is 1.